The molecule has 0 amide bonds. The van der Waals surface area contributed by atoms with Gasteiger partial charge in [-0.3, -0.25) is 9.69 Å². The summed E-state index contributed by atoms with van der Waals surface area (Å²) in [6, 6.07) is 15.2. The lowest BCUT2D eigenvalue weighted by Crippen LogP contribution is -2.43. The largest absolute Gasteiger partial charge is 0.466 e. The summed E-state index contributed by atoms with van der Waals surface area (Å²) in [4.78, 5) is 28.1. The fourth-order valence-corrected chi connectivity index (χ4v) is 4.58. The molecule has 0 saturated heterocycles. The highest BCUT2D eigenvalue weighted by Gasteiger charge is 2.46. The summed E-state index contributed by atoms with van der Waals surface area (Å²) in [5.41, 5.74) is 9.21. The second-order valence-corrected chi connectivity index (χ2v) is 8.75. The van der Waals surface area contributed by atoms with Crippen LogP contribution in [0.3, 0.4) is 0 Å². The number of hydrogen-bond donors (Lipinski definition) is 1. The molecule has 31 heavy (non-hydrogen) atoms. The second kappa shape index (κ2) is 7.69. The Kier molecular flexibility index (Phi) is 5.17. The average molecular weight is 420 g/mol. The Morgan fingerprint density at radius 1 is 1.10 bits per heavy atom. The average Bonchev–Trinajstić information content (AvgIpc) is 2.73. The molecule has 0 fully saturated rings. The highest BCUT2D eigenvalue weighted by atomic mass is 19.1. The number of esters is 1. The Labute approximate surface area is 181 Å². The fraction of sp³-hybridized carbons (Fsp3) is 0.280. The Bertz CT molecular complexity index is 1100. The third kappa shape index (κ3) is 3.63. The van der Waals surface area contributed by atoms with Crippen LogP contribution < -0.4 is 10.6 Å². The van der Waals surface area contributed by atoms with Crippen LogP contribution in [0.15, 0.2) is 77.3 Å². The summed E-state index contributed by atoms with van der Waals surface area (Å²) in [6.07, 6.45) is 0.949. The van der Waals surface area contributed by atoms with E-state index in [-0.39, 0.29) is 28.4 Å². The van der Waals surface area contributed by atoms with Gasteiger partial charge < -0.3 is 10.5 Å². The zero-order valence-corrected chi connectivity index (χ0v) is 17.8. The molecule has 0 saturated carbocycles. The fourth-order valence-electron chi connectivity index (χ4n) is 4.58. The number of anilines is 1. The van der Waals surface area contributed by atoms with Gasteiger partial charge in [-0.25, -0.2) is 9.18 Å². The topological polar surface area (TPSA) is 72.6 Å². The van der Waals surface area contributed by atoms with Crippen molar-refractivity contribution in [3.63, 3.8) is 0 Å². The molecule has 1 aliphatic heterocycles. The minimum Gasteiger partial charge on any atom is -0.466 e. The van der Waals surface area contributed by atoms with Gasteiger partial charge in [0.2, 0.25) is 0 Å². The van der Waals surface area contributed by atoms with Crippen LogP contribution in [0.5, 0.6) is 0 Å². The number of nitrogens with zero attached hydrogens (tertiary/aromatic N) is 1. The molecule has 0 bridgehead atoms. The maximum Gasteiger partial charge on any atom is 0.338 e. The first kappa shape index (κ1) is 20.8. The molecule has 0 aromatic heterocycles. The van der Waals surface area contributed by atoms with Crippen molar-refractivity contribution in [2.24, 2.45) is 11.1 Å². The Morgan fingerprint density at radius 3 is 2.35 bits per heavy atom. The zero-order chi connectivity index (χ0) is 22.3. The van der Waals surface area contributed by atoms with Crippen LogP contribution >= 0.6 is 0 Å². The molecule has 2 aromatic carbocycles. The zero-order valence-electron chi connectivity index (χ0n) is 17.8. The van der Waals surface area contributed by atoms with Crippen molar-refractivity contribution in [1.29, 1.82) is 0 Å². The predicted octanol–water partition coefficient (Wildman–Crippen LogP) is 4.42. The van der Waals surface area contributed by atoms with Crippen molar-refractivity contribution in [3.8, 4) is 0 Å². The van der Waals surface area contributed by atoms with Gasteiger partial charge >= 0.3 is 5.97 Å². The number of halogens is 1. The van der Waals surface area contributed by atoms with E-state index in [9.17, 15) is 14.0 Å². The quantitative estimate of drug-likeness (QED) is 0.745. The lowest BCUT2D eigenvalue weighted by Gasteiger charge is -2.44. The molecule has 2 aromatic rings. The minimum atomic E-state index is -0.621. The summed E-state index contributed by atoms with van der Waals surface area (Å²) < 4.78 is 18.7. The van der Waals surface area contributed by atoms with Crippen LogP contribution in [-0.4, -0.2) is 18.9 Å². The Morgan fingerprint density at radius 2 is 1.74 bits per heavy atom. The van der Waals surface area contributed by atoms with E-state index in [2.05, 4.69) is 0 Å². The lowest BCUT2D eigenvalue weighted by molar-refractivity contribution is -0.136. The van der Waals surface area contributed by atoms with Crippen LogP contribution in [0.1, 0.15) is 38.2 Å². The molecule has 6 heteroatoms. The molecule has 2 aliphatic rings. The van der Waals surface area contributed by atoms with E-state index >= 15 is 0 Å². The van der Waals surface area contributed by atoms with Gasteiger partial charge in [0.05, 0.1) is 18.6 Å². The number of ketones is 1. The van der Waals surface area contributed by atoms with Gasteiger partial charge in [0.1, 0.15) is 11.6 Å². The highest BCUT2D eigenvalue weighted by molar-refractivity contribution is 6.05. The molecular formula is C25H25FN2O3. The molecule has 0 radical (unpaired) electrons. The number of carbonyl (C=O) groups excluding carboxylic acids is 2. The van der Waals surface area contributed by atoms with E-state index in [0.717, 1.165) is 11.3 Å². The van der Waals surface area contributed by atoms with Crippen molar-refractivity contribution in [2.75, 3.05) is 12.0 Å². The second-order valence-electron chi connectivity index (χ2n) is 8.75. The lowest BCUT2D eigenvalue weighted by atomic mass is 9.68. The normalized spacial score (nSPS) is 20.6. The first-order valence-electron chi connectivity index (χ1n) is 10.2. The number of carbonyl (C=O) groups is 2. The number of Topliss-reactive ketones (excluding diaryl/α,β-unsaturated/α-hetero) is 1. The molecular weight excluding hydrogens is 395 g/mol. The Balaban J connectivity index is 2.02. The molecule has 160 valence electrons. The molecule has 1 aliphatic carbocycles. The Hall–Kier alpha value is -3.41. The summed E-state index contributed by atoms with van der Waals surface area (Å²) in [5, 5.41) is 0. The number of ether oxygens (including phenoxy) is 1. The molecule has 0 unspecified atom stereocenters. The van der Waals surface area contributed by atoms with E-state index in [1.54, 1.807) is 17.0 Å². The number of benzene rings is 2. The summed E-state index contributed by atoms with van der Waals surface area (Å²) >= 11 is 0. The van der Waals surface area contributed by atoms with E-state index in [4.69, 9.17) is 10.5 Å². The standard InChI is InChI=1S/C25H25FN2O3/c1-25(2)13-18-21(19(29)14-25)20(15-7-5-4-6-8-15)22(24(30)31-3)23(27)28(18)17-11-9-16(26)10-12-17/h4-12,20H,13-14,27H2,1-3H3/t20-/m0/s1. The van der Waals surface area contributed by atoms with Gasteiger partial charge in [0.25, 0.3) is 0 Å². The molecule has 4 rings (SSSR count). The molecule has 1 heterocycles. The number of nitrogens with two attached hydrogens (primary N) is 1. The van der Waals surface area contributed by atoms with Gasteiger partial charge in [0, 0.05) is 23.4 Å². The number of allylic oxidation sites excluding steroid dienone is 2. The SMILES string of the molecule is COC(=O)C1=C(N)N(c2ccc(F)cc2)C2=C(C(=O)CC(C)(C)C2)[C@@H]1c1ccccc1. The highest BCUT2D eigenvalue weighted by Crippen LogP contribution is 2.50. The summed E-state index contributed by atoms with van der Waals surface area (Å²) in [7, 11) is 1.29. The van der Waals surface area contributed by atoms with Gasteiger partial charge in [0.15, 0.2) is 5.78 Å². The number of methoxy groups -OCH3 is 1. The maximum absolute atomic E-state index is 13.6. The van der Waals surface area contributed by atoms with Crippen LogP contribution in [0, 0.1) is 11.2 Å². The van der Waals surface area contributed by atoms with E-state index < -0.39 is 11.9 Å². The third-order valence-corrected chi connectivity index (χ3v) is 5.88. The summed E-state index contributed by atoms with van der Waals surface area (Å²) in [6.45, 7) is 4.07. The van der Waals surface area contributed by atoms with Crippen LogP contribution in [0.2, 0.25) is 0 Å². The first-order valence-corrected chi connectivity index (χ1v) is 10.2. The van der Waals surface area contributed by atoms with E-state index in [1.807, 2.05) is 44.2 Å². The van der Waals surface area contributed by atoms with Crippen molar-refractivity contribution in [1.82, 2.24) is 0 Å². The van der Waals surface area contributed by atoms with Crippen molar-refractivity contribution in [3.05, 3.63) is 88.6 Å². The van der Waals surface area contributed by atoms with Crippen LogP contribution in [0.4, 0.5) is 10.1 Å². The number of rotatable bonds is 3. The smallest absolute Gasteiger partial charge is 0.338 e. The van der Waals surface area contributed by atoms with Crippen molar-refractivity contribution < 1.29 is 18.7 Å². The first-order chi connectivity index (χ1) is 14.7. The predicted molar refractivity (Wildman–Crippen MR) is 116 cm³/mol. The molecule has 2 N–H and O–H groups in total. The maximum atomic E-state index is 13.6. The van der Waals surface area contributed by atoms with Crippen LogP contribution in [-0.2, 0) is 14.3 Å². The minimum absolute atomic E-state index is 0.0267. The summed E-state index contributed by atoms with van der Waals surface area (Å²) in [5.74, 6) is -1.43. The third-order valence-electron chi connectivity index (χ3n) is 5.88. The van der Waals surface area contributed by atoms with Gasteiger partial charge in [-0.15, -0.1) is 0 Å². The monoisotopic (exact) mass is 420 g/mol. The van der Waals surface area contributed by atoms with Crippen LogP contribution in [0.25, 0.3) is 0 Å². The molecule has 1 atom stereocenters. The van der Waals surface area contributed by atoms with Gasteiger partial charge in [-0.1, -0.05) is 44.2 Å². The van der Waals surface area contributed by atoms with E-state index in [0.29, 0.717) is 24.1 Å². The van der Waals surface area contributed by atoms with Gasteiger partial charge in [-0.2, -0.15) is 0 Å². The van der Waals surface area contributed by atoms with Crippen molar-refractivity contribution in [2.45, 2.75) is 32.6 Å². The molecule has 5 nitrogen and oxygen atoms in total. The molecule has 0 spiro atoms. The van der Waals surface area contributed by atoms with Crippen molar-refractivity contribution >= 4 is 17.4 Å². The van der Waals surface area contributed by atoms with E-state index in [1.165, 1.54) is 19.2 Å². The number of hydrogen-bond acceptors (Lipinski definition) is 5. The van der Waals surface area contributed by atoms with Gasteiger partial charge in [-0.05, 0) is 41.7 Å².